The normalized spacial score (nSPS) is 50.2. The average molecular weight is 182 g/mol. The van der Waals surface area contributed by atoms with Gasteiger partial charge in [-0.15, -0.1) is 0 Å². The Hall–Kier alpha value is -0.370. The summed E-state index contributed by atoms with van der Waals surface area (Å²) >= 11 is 0. The van der Waals surface area contributed by atoms with E-state index in [1.54, 1.807) is 0 Å². The summed E-state index contributed by atoms with van der Waals surface area (Å²) < 4.78 is 0. The SMILES string of the molecule is C[C@@]1(O)CC[C@@H]2CCCC[C@@]21C=O. The maximum absolute atomic E-state index is 11.2. The first-order valence-corrected chi connectivity index (χ1v) is 5.31. The molecule has 0 amide bonds. The smallest absolute Gasteiger partial charge is 0.129 e. The molecule has 0 aliphatic heterocycles. The molecular weight excluding hydrogens is 164 g/mol. The van der Waals surface area contributed by atoms with E-state index in [1.807, 2.05) is 6.92 Å². The van der Waals surface area contributed by atoms with E-state index in [2.05, 4.69) is 0 Å². The van der Waals surface area contributed by atoms with Gasteiger partial charge in [-0.2, -0.15) is 0 Å². The Labute approximate surface area is 79.3 Å². The molecule has 2 heteroatoms. The fourth-order valence-electron chi connectivity index (χ4n) is 3.35. The zero-order chi connectivity index (χ0) is 9.53. The monoisotopic (exact) mass is 182 g/mol. The molecule has 74 valence electrons. The Bertz CT molecular complexity index is 222. The Kier molecular flexibility index (Phi) is 1.99. The summed E-state index contributed by atoms with van der Waals surface area (Å²) in [4.78, 5) is 11.2. The molecule has 1 N–H and O–H groups in total. The fraction of sp³-hybridized carbons (Fsp3) is 0.909. The van der Waals surface area contributed by atoms with Crippen LogP contribution < -0.4 is 0 Å². The summed E-state index contributed by atoms with van der Waals surface area (Å²) in [5.41, 5.74) is -1.13. The molecule has 13 heavy (non-hydrogen) atoms. The summed E-state index contributed by atoms with van der Waals surface area (Å²) in [5.74, 6) is 0.453. The highest BCUT2D eigenvalue weighted by atomic mass is 16.3. The minimum atomic E-state index is -0.736. The number of hydrogen-bond donors (Lipinski definition) is 1. The molecule has 2 saturated carbocycles. The van der Waals surface area contributed by atoms with Crippen LogP contribution in [0.15, 0.2) is 0 Å². The van der Waals surface area contributed by atoms with Crippen LogP contribution in [0.1, 0.15) is 45.4 Å². The second-order valence-corrected chi connectivity index (χ2v) is 4.91. The Morgan fingerprint density at radius 3 is 2.69 bits per heavy atom. The molecule has 0 radical (unpaired) electrons. The molecule has 0 aromatic heterocycles. The third-order valence-electron chi connectivity index (χ3n) is 4.31. The van der Waals surface area contributed by atoms with E-state index >= 15 is 0 Å². The number of rotatable bonds is 1. The van der Waals surface area contributed by atoms with Crippen molar-refractivity contribution in [3.8, 4) is 0 Å². The molecule has 0 aromatic rings. The number of hydrogen-bond acceptors (Lipinski definition) is 2. The predicted octanol–water partition coefficient (Wildman–Crippen LogP) is 1.91. The van der Waals surface area contributed by atoms with Gasteiger partial charge in [0.15, 0.2) is 0 Å². The van der Waals surface area contributed by atoms with Crippen molar-refractivity contribution in [2.45, 2.75) is 51.0 Å². The molecular formula is C11H18O2. The van der Waals surface area contributed by atoms with Crippen LogP contribution in [-0.4, -0.2) is 17.0 Å². The molecule has 2 nitrogen and oxygen atoms in total. The lowest BCUT2D eigenvalue weighted by molar-refractivity contribution is -0.137. The number of aldehydes is 1. The number of carbonyl (C=O) groups excluding carboxylic acids is 1. The fourth-order valence-corrected chi connectivity index (χ4v) is 3.35. The molecule has 2 fully saturated rings. The molecule has 0 saturated heterocycles. The number of aliphatic hydroxyl groups is 1. The second-order valence-electron chi connectivity index (χ2n) is 4.91. The minimum absolute atomic E-state index is 0.398. The molecule has 2 rings (SSSR count). The number of carbonyl (C=O) groups is 1. The van der Waals surface area contributed by atoms with Crippen LogP contribution >= 0.6 is 0 Å². The highest BCUT2D eigenvalue weighted by Gasteiger charge is 2.57. The Balaban J connectivity index is 2.34. The van der Waals surface area contributed by atoms with Crippen LogP contribution in [0.5, 0.6) is 0 Å². The molecule has 2 aliphatic rings. The lowest BCUT2D eigenvalue weighted by Crippen LogP contribution is -2.47. The van der Waals surface area contributed by atoms with Crippen LogP contribution in [0.25, 0.3) is 0 Å². The third kappa shape index (κ3) is 1.08. The van der Waals surface area contributed by atoms with Crippen LogP contribution in [-0.2, 0) is 4.79 Å². The van der Waals surface area contributed by atoms with Gasteiger partial charge in [-0.3, -0.25) is 0 Å². The van der Waals surface area contributed by atoms with Crippen LogP contribution in [0.2, 0.25) is 0 Å². The second kappa shape index (κ2) is 2.81. The first-order chi connectivity index (χ1) is 6.12. The van der Waals surface area contributed by atoms with Crippen molar-refractivity contribution in [1.29, 1.82) is 0 Å². The van der Waals surface area contributed by atoms with Gasteiger partial charge in [0.25, 0.3) is 0 Å². The van der Waals surface area contributed by atoms with Crippen molar-refractivity contribution in [1.82, 2.24) is 0 Å². The van der Waals surface area contributed by atoms with Gasteiger partial charge >= 0.3 is 0 Å². The Morgan fingerprint density at radius 2 is 2.08 bits per heavy atom. The largest absolute Gasteiger partial charge is 0.389 e. The maximum Gasteiger partial charge on any atom is 0.129 e. The summed E-state index contributed by atoms with van der Waals surface area (Å²) in [6.07, 6.45) is 7.25. The van der Waals surface area contributed by atoms with Gasteiger partial charge in [-0.05, 0) is 38.5 Å². The summed E-state index contributed by atoms with van der Waals surface area (Å²) in [6, 6.07) is 0. The molecule has 0 spiro atoms. The van der Waals surface area contributed by atoms with Crippen LogP contribution in [0, 0.1) is 11.3 Å². The zero-order valence-electron chi connectivity index (χ0n) is 8.25. The van der Waals surface area contributed by atoms with Gasteiger partial charge in [0.05, 0.1) is 11.0 Å². The van der Waals surface area contributed by atoms with E-state index in [4.69, 9.17) is 0 Å². The van der Waals surface area contributed by atoms with Gasteiger partial charge in [-0.25, -0.2) is 0 Å². The molecule has 2 aliphatic carbocycles. The highest BCUT2D eigenvalue weighted by molar-refractivity contribution is 5.63. The molecule has 0 bridgehead atoms. The van der Waals surface area contributed by atoms with Crippen LogP contribution in [0.4, 0.5) is 0 Å². The standard InChI is InChI=1S/C11H18O2/c1-10(13)7-5-9-4-2-3-6-11(9,10)8-12/h8-9,13H,2-7H2,1H3/t9-,10+,11+/m0/s1. The van der Waals surface area contributed by atoms with Gasteiger partial charge in [0.1, 0.15) is 6.29 Å². The number of fused-ring (bicyclic) bond motifs is 1. The average Bonchev–Trinajstić information content (AvgIpc) is 2.40. The summed E-state index contributed by atoms with van der Waals surface area (Å²) in [5, 5.41) is 10.2. The van der Waals surface area contributed by atoms with E-state index in [-0.39, 0.29) is 0 Å². The zero-order valence-corrected chi connectivity index (χ0v) is 8.25. The topological polar surface area (TPSA) is 37.3 Å². The highest BCUT2D eigenvalue weighted by Crippen LogP contribution is 2.56. The quantitative estimate of drug-likeness (QED) is 0.629. The van der Waals surface area contributed by atoms with Crippen molar-refractivity contribution in [3.63, 3.8) is 0 Å². The first-order valence-electron chi connectivity index (χ1n) is 5.31. The van der Waals surface area contributed by atoms with Crippen molar-refractivity contribution >= 4 is 6.29 Å². The Morgan fingerprint density at radius 1 is 1.31 bits per heavy atom. The summed E-state index contributed by atoms with van der Waals surface area (Å²) in [6.45, 7) is 1.84. The van der Waals surface area contributed by atoms with Gasteiger partial charge in [-0.1, -0.05) is 12.8 Å². The van der Waals surface area contributed by atoms with Crippen molar-refractivity contribution in [3.05, 3.63) is 0 Å². The van der Waals surface area contributed by atoms with Crippen molar-refractivity contribution in [2.75, 3.05) is 0 Å². The lowest BCUT2D eigenvalue weighted by Gasteiger charge is -2.42. The van der Waals surface area contributed by atoms with E-state index in [1.165, 1.54) is 6.42 Å². The first kappa shape index (κ1) is 9.20. The van der Waals surface area contributed by atoms with Crippen molar-refractivity contribution < 1.29 is 9.90 Å². The molecule has 0 aromatic carbocycles. The summed E-state index contributed by atoms with van der Waals surface area (Å²) in [7, 11) is 0. The molecule has 0 heterocycles. The minimum Gasteiger partial charge on any atom is -0.389 e. The predicted molar refractivity (Wildman–Crippen MR) is 50.3 cm³/mol. The van der Waals surface area contributed by atoms with Gasteiger partial charge in [0, 0.05) is 0 Å². The van der Waals surface area contributed by atoms with E-state index in [0.717, 1.165) is 38.4 Å². The van der Waals surface area contributed by atoms with E-state index in [9.17, 15) is 9.90 Å². The van der Waals surface area contributed by atoms with Gasteiger partial charge in [0.2, 0.25) is 0 Å². The van der Waals surface area contributed by atoms with Gasteiger partial charge < -0.3 is 9.90 Å². The third-order valence-corrected chi connectivity index (χ3v) is 4.31. The molecule has 0 unspecified atom stereocenters. The molecule has 3 atom stereocenters. The van der Waals surface area contributed by atoms with E-state index < -0.39 is 11.0 Å². The lowest BCUT2D eigenvalue weighted by atomic mass is 9.64. The van der Waals surface area contributed by atoms with E-state index in [0.29, 0.717) is 5.92 Å². The van der Waals surface area contributed by atoms with Crippen LogP contribution in [0.3, 0.4) is 0 Å². The maximum atomic E-state index is 11.2. The van der Waals surface area contributed by atoms with Crippen molar-refractivity contribution in [2.24, 2.45) is 11.3 Å².